The Balaban J connectivity index is 1.86. The fourth-order valence-corrected chi connectivity index (χ4v) is 3.15. The van der Waals surface area contributed by atoms with Crippen molar-refractivity contribution in [2.45, 2.75) is 18.9 Å². The summed E-state index contributed by atoms with van der Waals surface area (Å²) in [5.74, 6) is -0.755. The zero-order chi connectivity index (χ0) is 15.0. The van der Waals surface area contributed by atoms with Gasteiger partial charge in [-0.3, -0.25) is 9.59 Å². The molecule has 112 valence electrons. The molecule has 2 aliphatic rings. The number of carbonyl (C=O) groups excluding carboxylic acids is 2. The van der Waals surface area contributed by atoms with Gasteiger partial charge >= 0.3 is 0 Å². The Hall–Kier alpha value is -2.11. The number of piperidine rings is 1. The van der Waals surface area contributed by atoms with Crippen LogP contribution in [0.25, 0.3) is 0 Å². The molecule has 0 saturated carbocycles. The molecule has 1 aromatic rings. The Morgan fingerprint density at radius 2 is 2.29 bits per heavy atom. The summed E-state index contributed by atoms with van der Waals surface area (Å²) in [4.78, 5) is 25.9. The maximum absolute atomic E-state index is 14.1. The van der Waals surface area contributed by atoms with Crippen LogP contribution in [0.2, 0.25) is 0 Å². The van der Waals surface area contributed by atoms with E-state index in [-0.39, 0.29) is 29.3 Å². The van der Waals surface area contributed by atoms with Gasteiger partial charge in [0.2, 0.25) is 5.91 Å². The first-order chi connectivity index (χ1) is 10.1. The van der Waals surface area contributed by atoms with Gasteiger partial charge in [-0.05, 0) is 25.0 Å². The van der Waals surface area contributed by atoms with E-state index in [4.69, 9.17) is 4.74 Å². The standard InChI is InChI=1S/C15H17FN2O3/c1-21-9-4-5-10(12(16)7-9)15(20)18-6-2-3-11-13(18)8-17-14(11)19/h4-5,7,11,13H,2-3,6,8H2,1H3,(H,17,19)/t11-,13-/m1/s1. The topological polar surface area (TPSA) is 58.6 Å². The minimum Gasteiger partial charge on any atom is -0.497 e. The van der Waals surface area contributed by atoms with Crippen molar-refractivity contribution in [2.75, 3.05) is 20.2 Å². The number of benzene rings is 1. The Bertz CT molecular complexity index is 590. The van der Waals surface area contributed by atoms with Gasteiger partial charge in [0.1, 0.15) is 11.6 Å². The number of ether oxygens (including phenoxy) is 1. The van der Waals surface area contributed by atoms with E-state index in [1.165, 1.54) is 19.2 Å². The summed E-state index contributed by atoms with van der Waals surface area (Å²) in [6.45, 7) is 1.01. The molecule has 0 unspecified atom stereocenters. The minimum atomic E-state index is -0.598. The van der Waals surface area contributed by atoms with Crippen molar-refractivity contribution in [2.24, 2.45) is 5.92 Å². The second kappa shape index (κ2) is 5.35. The summed E-state index contributed by atoms with van der Waals surface area (Å²) in [5, 5.41) is 2.78. The lowest BCUT2D eigenvalue weighted by Gasteiger charge is -2.36. The van der Waals surface area contributed by atoms with Crippen molar-refractivity contribution >= 4 is 11.8 Å². The lowest BCUT2D eigenvalue weighted by Crippen LogP contribution is -2.48. The molecule has 2 amide bonds. The van der Waals surface area contributed by atoms with Gasteiger partial charge in [-0.1, -0.05) is 0 Å². The van der Waals surface area contributed by atoms with Crippen molar-refractivity contribution in [1.82, 2.24) is 10.2 Å². The molecule has 21 heavy (non-hydrogen) atoms. The SMILES string of the molecule is COc1ccc(C(=O)N2CCC[C@H]3C(=O)NC[C@H]32)c(F)c1. The number of rotatable bonds is 2. The molecule has 3 rings (SSSR count). The van der Waals surface area contributed by atoms with Crippen LogP contribution in [-0.2, 0) is 4.79 Å². The molecule has 0 bridgehead atoms. The number of hydrogen-bond donors (Lipinski definition) is 1. The summed E-state index contributed by atoms with van der Waals surface area (Å²) in [5.41, 5.74) is 0.0239. The molecule has 0 aliphatic carbocycles. The second-order valence-corrected chi connectivity index (χ2v) is 5.41. The summed E-state index contributed by atoms with van der Waals surface area (Å²) in [6.07, 6.45) is 1.55. The van der Waals surface area contributed by atoms with Crippen LogP contribution in [0.5, 0.6) is 5.75 Å². The first-order valence-corrected chi connectivity index (χ1v) is 7.04. The molecule has 2 saturated heterocycles. The van der Waals surface area contributed by atoms with E-state index in [0.717, 1.165) is 12.8 Å². The van der Waals surface area contributed by atoms with Crippen LogP contribution in [0, 0.1) is 11.7 Å². The third kappa shape index (κ3) is 2.34. The number of fused-ring (bicyclic) bond motifs is 1. The molecule has 0 aromatic heterocycles. The van der Waals surface area contributed by atoms with Gasteiger partial charge in [-0.15, -0.1) is 0 Å². The van der Waals surface area contributed by atoms with E-state index in [9.17, 15) is 14.0 Å². The van der Waals surface area contributed by atoms with Gasteiger partial charge in [-0.2, -0.15) is 0 Å². The number of amides is 2. The minimum absolute atomic E-state index is 0.00676. The zero-order valence-corrected chi connectivity index (χ0v) is 11.8. The number of hydrogen-bond acceptors (Lipinski definition) is 3. The number of nitrogens with zero attached hydrogens (tertiary/aromatic N) is 1. The van der Waals surface area contributed by atoms with E-state index in [1.807, 2.05) is 0 Å². The first kappa shape index (κ1) is 13.9. The number of carbonyl (C=O) groups is 2. The molecule has 5 nitrogen and oxygen atoms in total. The Morgan fingerprint density at radius 3 is 3.00 bits per heavy atom. The summed E-state index contributed by atoms with van der Waals surface area (Å²) < 4.78 is 19.0. The highest BCUT2D eigenvalue weighted by atomic mass is 19.1. The van der Waals surface area contributed by atoms with E-state index in [2.05, 4.69) is 5.32 Å². The Kier molecular flexibility index (Phi) is 3.53. The highest BCUT2D eigenvalue weighted by Crippen LogP contribution is 2.29. The van der Waals surface area contributed by atoms with Crippen molar-refractivity contribution in [3.63, 3.8) is 0 Å². The Labute approximate surface area is 122 Å². The number of likely N-dealkylation sites (tertiary alicyclic amines) is 1. The fourth-order valence-electron chi connectivity index (χ4n) is 3.15. The number of halogens is 1. The van der Waals surface area contributed by atoms with Gasteiger partial charge in [-0.25, -0.2) is 4.39 Å². The number of methoxy groups -OCH3 is 1. The largest absolute Gasteiger partial charge is 0.497 e. The molecule has 2 aliphatic heterocycles. The maximum atomic E-state index is 14.1. The molecule has 2 fully saturated rings. The predicted octanol–water partition coefficient (Wildman–Crippen LogP) is 1.18. The molecule has 0 spiro atoms. The third-order valence-corrected chi connectivity index (χ3v) is 4.27. The quantitative estimate of drug-likeness (QED) is 0.890. The normalized spacial score (nSPS) is 24.5. The average molecular weight is 292 g/mol. The molecule has 2 heterocycles. The zero-order valence-electron chi connectivity index (χ0n) is 11.8. The van der Waals surface area contributed by atoms with Crippen molar-refractivity contribution < 1.29 is 18.7 Å². The van der Waals surface area contributed by atoms with E-state index in [1.54, 1.807) is 11.0 Å². The molecule has 0 radical (unpaired) electrons. The third-order valence-electron chi connectivity index (χ3n) is 4.27. The van der Waals surface area contributed by atoms with Crippen LogP contribution < -0.4 is 10.1 Å². The van der Waals surface area contributed by atoms with E-state index >= 15 is 0 Å². The van der Waals surface area contributed by atoms with Gasteiger partial charge in [0.25, 0.3) is 5.91 Å². The summed E-state index contributed by atoms with van der Waals surface area (Å²) in [7, 11) is 1.45. The van der Waals surface area contributed by atoms with Gasteiger partial charge < -0.3 is 15.0 Å². The van der Waals surface area contributed by atoms with Gasteiger partial charge in [0.05, 0.1) is 24.6 Å². The molecular weight excluding hydrogens is 275 g/mol. The molecule has 1 aromatic carbocycles. The lowest BCUT2D eigenvalue weighted by molar-refractivity contribution is -0.123. The van der Waals surface area contributed by atoms with Crippen LogP contribution in [0.15, 0.2) is 18.2 Å². The first-order valence-electron chi connectivity index (χ1n) is 7.04. The Morgan fingerprint density at radius 1 is 1.48 bits per heavy atom. The maximum Gasteiger partial charge on any atom is 0.257 e. The second-order valence-electron chi connectivity index (χ2n) is 5.41. The highest BCUT2D eigenvalue weighted by molar-refractivity contribution is 5.96. The van der Waals surface area contributed by atoms with Crippen molar-refractivity contribution in [3.8, 4) is 5.75 Å². The molecular formula is C15H17FN2O3. The van der Waals surface area contributed by atoms with Crippen LogP contribution in [-0.4, -0.2) is 43.0 Å². The summed E-state index contributed by atoms with van der Waals surface area (Å²) in [6, 6.07) is 4.03. The van der Waals surface area contributed by atoms with Gasteiger partial charge in [0.15, 0.2) is 0 Å². The van der Waals surface area contributed by atoms with Crippen molar-refractivity contribution in [1.29, 1.82) is 0 Å². The summed E-state index contributed by atoms with van der Waals surface area (Å²) >= 11 is 0. The fraction of sp³-hybridized carbons (Fsp3) is 0.467. The monoisotopic (exact) mass is 292 g/mol. The predicted molar refractivity (Wildman–Crippen MR) is 73.5 cm³/mol. The molecule has 6 heteroatoms. The number of nitrogens with one attached hydrogen (secondary N) is 1. The van der Waals surface area contributed by atoms with Crippen LogP contribution in [0.3, 0.4) is 0 Å². The smallest absolute Gasteiger partial charge is 0.257 e. The average Bonchev–Trinajstić information content (AvgIpc) is 2.88. The van der Waals surface area contributed by atoms with Crippen LogP contribution in [0.1, 0.15) is 23.2 Å². The molecule has 2 atom stereocenters. The van der Waals surface area contributed by atoms with Crippen molar-refractivity contribution in [3.05, 3.63) is 29.6 Å². The highest BCUT2D eigenvalue weighted by Gasteiger charge is 2.43. The lowest BCUT2D eigenvalue weighted by atomic mass is 9.91. The van der Waals surface area contributed by atoms with E-state index in [0.29, 0.717) is 18.8 Å². The van der Waals surface area contributed by atoms with E-state index < -0.39 is 5.82 Å². The molecule has 1 N–H and O–H groups in total. The van der Waals surface area contributed by atoms with Crippen LogP contribution in [0.4, 0.5) is 4.39 Å². The van der Waals surface area contributed by atoms with Crippen LogP contribution >= 0.6 is 0 Å². The van der Waals surface area contributed by atoms with Gasteiger partial charge in [0, 0.05) is 19.2 Å².